The maximum Gasteiger partial charge on any atom is 0.169 e. The van der Waals surface area contributed by atoms with Gasteiger partial charge in [0.05, 0.1) is 11.5 Å². The molecule has 2 atom stereocenters. The van der Waals surface area contributed by atoms with Crippen LogP contribution >= 0.6 is 0 Å². The van der Waals surface area contributed by atoms with E-state index < -0.39 is 11.5 Å². The van der Waals surface area contributed by atoms with Gasteiger partial charge in [-0.2, -0.15) is 0 Å². The molecule has 20 heavy (non-hydrogen) atoms. The summed E-state index contributed by atoms with van der Waals surface area (Å²) in [4.78, 5) is 12.6. The molecule has 104 valence electrons. The Balaban J connectivity index is 2.35. The van der Waals surface area contributed by atoms with E-state index in [0.717, 1.165) is 5.56 Å². The van der Waals surface area contributed by atoms with Crippen molar-refractivity contribution in [3.05, 3.63) is 71.8 Å². The van der Waals surface area contributed by atoms with Gasteiger partial charge >= 0.3 is 0 Å². The lowest BCUT2D eigenvalue weighted by molar-refractivity contribution is -0.000713. The second-order valence-corrected chi connectivity index (χ2v) is 5.20. The van der Waals surface area contributed by atoms with Gasteiger partial charge in [-0.05, 0) is 18.9 Å². The van der Waals surface area contributed by atoms with Gasteiger partial charge in [-0.15, -0.1) is 0 Å². The third-order valence-electron chi connectivity index (χ3n) is 3.82. The number of ketones is 1. The highest BCUT2D eigenvalue weighted by molar-refractivity contribution is 5.98. The average Bonchev–Trinajstić information content (AvgIpc) is 2.49. The highest BCUT2D eigenvalue weighted by Crippen LogP contribution is 2.33. The summed E-state index contributed by atoms with van der Waals surface area (Å²) >= 11 is 0. The summed E-state index contributed by atoms with van der Waals surface area (Å²) in [6.07, 6.45) is 0.593. The minimum Gasteiger partial charge on any atom is -0.385 e. The fourth-order valence-corrected chi connectivity index (χ4v) is 2.62. The smallest absolute Gasteiger partial charge is 0.169 e. The van der Waals surface area contributed by atoms with Crippen molar-refractivity contribution in [1.82, 2.24) is 0 Å². The maximum absolute atomic E-state index is 12.6. The molecule has 2 heteroatoms. The lowest BCUT2D eigenvalue weighted by Crippen LogP contribution is -2.37. The van der Waals surface area contributed by atoms with E-state index in [9.17, 15) is 9.90 Å². The topological polar surface area (TPSA) is 37.3 Å². The lowest BCUT2D eigenvalue weighted by atomic mass is 9.77. The van der Waals surface area contributed by atoms with Crippen molar-refractivity contribution < 1.29 is 9.90 Å². The van der Waals surface area contributed by atoms with E-state index in [-0.39, 0.29) is 5.78 Å². The van der Waals surface area contributed by atoms with E-state index in [4.69, 9.17) is 0 Å². The summed E-state index contributed by atoms with van der Waals surface area (Å²) in [5, 5.41) is 10.9. The van der Waals surface area contributed by atoms with Crippen molar-refractivity contribution in [3.63, 3.8) is 0 Å². The van der Waals surface area contributed by atoms with Gasteiger partial charge in [-0.3, -0.25) is 4.79 Å². The average molecular weight is 268 g/mol. The number of Topliss-reactive ketones (excluding diaryl/α,β-unsaturated/α-hetero) is 1. The minimum atomic E-state index is -1.16. The van der Waals surface area contributed by atoms with E-state index in [1.165, 1.54) is 0 Å². The molecule has 0 unspecified atom stereocenters. The van der Waals surface area contributed by atoms with Crippen LogP contribution in [0.2, 0.25) is 0 Å². The molecule has 0 aliphatic heterocycles. The first-order valence-corrected chi connectivity index (χ1v) is 6.94. The standard InChI is InChI=1S/C18H20O2/c1-3-16(17(19)14-10-6-4-7-11-14)18(2,20)15-12-8-5-9-13-15/h4-13,16,20H,3H2,1-2H3/t16-,18-/m1/s1. The third-order valence-corrected chi connectivity index (χ3v) is 3.82. The molecule has 0 saturated carbocycles. The van der Waals surface area contributed by atoms with Crippen molar-refractivity contribution in [2.24, 2.45) is 5.92 Å². The molecule has 0 spiro atoms. The molecule has 0 bridgehead atoms. The number of carbonyl (C=O) groups excluding carboxylic acids is 1. The molecule has 1 N–H and O–H groups in total. The Bertz CT molecular complexity index is 558. The van der Waals surface area contributed by atoms with E-state index in [2.05, 4.69) is 0 Å². The molecule has 0 aromatic heterocycles. The molecule has 0 aliphatic rings. The first-order valence-electron chi connectivity index (χ1n) is 6.94. The molecule has 0 radical (unpaired) electrons. The molecule has 0 heterocycles. The van der Waals surface area contributed by atoms with E-state index >= 15 is 0 Å². The van der Waals surface area contributed by atoms with Crippen molar-refractivity contribution in [3.8, 4) is 0 Å². The fourth-order valence-electron chi connectivity index (χ4n) is 2.62. The normalized spacial score (nSPS) is 15.3. The Morgan fingerprint density at radius 3 is 2.05 bits per heavy atom. The molecule has 2 aromatic carbocycles. The van der Waals surface area contributed by atoms with Gasteiger partial charge in [0.2, 0.25) is 0 Å². The molecule has 0 aliphatic carbocycles. The van der Waals surface area contributed by atoms with Gasteiger partial charge in [0.15, 0.2) is 5.78 Å². The second-order valence-electron chi connectivity index (χ2n) is 5.20. The maximum atomic E-state index is 12.6. The summed E-state index contributed by atoms with van der Waals surface area (Å²) in [6.45, 7) is 3.65. The Morgan fingerprint density at radius 2 is 1.55 bits per heavy atom. The van der Waals surface area contributed by atoms with Gasteiger partial charge in [0.25, 0.3) is 0 Å². The number of aliphatic hydroxyl groups is 1. The number of carbonyl (C=O) groups is 1. The Labute approximate surface area is 120 Å². The second kappa shape index (κ2) is 6.02. The van der Waals surface area contributed by atoms with Gasteiger partial charge in [0.1, 0.15) is 0 Å². The number of rotatable bonds is 5. The molecule has 0 amide bonds. The Morgan fingerprint density at radius 1 is 1.05 bits per heavy atom. The van der Waals surface area contributed by atoms with E-state index in [1.807, 2.05) is 55.5 Å². The molecule has 0 saturated heterocycles. The van der Waals surface area contributed by atoms with Crippen LogP contribution in [0.5, 0.6) is 0 Å². The molecule has 0 fully saturated rings. The van der Waals surface area contributed by atoms with Crippen LogP contribution in [0, 0.1) is 5.92 Å². The van der Waals surface area contributed by atoms with Crippen LogP contribution in [0.15, 0.2) is 60.7 Å². The van der Waals surface area contributed by atoms with Crippen LogP contribution in [0.1, 0.15) is 36.2 Å². The van der Waals surface area contributed by atoms with Crippen LogP contribution in [-0.2, 0) is 5.60 Å². The van der Waals surface area contributed by atoms with Crippen LogP contribution in [0.25, 0.3) is 0 Å². The lowest BCUT2D eigenvalue weighted by Gasteiger charge is -2.32. The van der Waals surface area contributed by atoms with Crippen molar-refractivity contribution >= 4 is 5.78 Å². The van der Waals surface area contributed by atoms with Crippen molar-refractivity contribution in [2.75, 3.05) is 0 Å². The van der Waals surface area contributed by atoms with Gasteiger partial charge in [-0.25, -0.2) is 0 Å². The molecular weight excluding hydrogens is 248 g/mol. The molecular formula is C18H20O2. The van der Waals surface area contributed by atoms with Crippen LogP contribution < -0.4 is 0 Å². The van der Waals surface area contributed by atoms with E-state index in [1.54, 1.807) is 19.1 Å². The zero-order valence-corrected chi connectivity index (χ0v) is 11.9. The summed E-state index contributed by atoms with van der Waals surface area (Å²) in [6, 6.07) is 18.5. The largest absolute Gasteiger partial charge is 0.385 e. The predicted molar refractivity (Wildman–Crippen MR) is 80.6 cm³/mol. The zero-order valence-electron chi connectivity index (χ0n) is 11.9. The van der Waals surface area contributed by atoms with Crippen LogP contribution in [0.4, 0.5) is 0 Å². The summed E-state index contributed by atoms with van der Waals surface area (Å²) in [5.41, 5.74) is 0.259. The quantitative estimate of drug-likeness (QED) is 0.837. The van der Waals surface area contributed by atoms with Gasteiger partial charge in [0, 0.05) is 5.56 Å². The van der Waals surface area contributed by atoms with E-state index in [0.29, 0.717) is 12.0 Å². The van der Waals surface area contributed by atoms with Gasteiger partial charge in [-0.1, -0.05) is 67.6 Å². The number of hydrogen-bond acceptors (Lipinski definition) is 2. The zero-order chi connectivity index (χ0) is 14.6. The first kappa shape index (κ1) is 14.5. The fraction of sp³-hybridized carbons (Fsp3) is 0.278. The summed E-state index contributed by atoms with van der Waals surface area (Å²) < 4.78 is 0. The van der Waals surface area contributed by atoms with Gasteiger partial charge < -0.3 is 5.11 Å². The minimum absolute atomic E-state index is 0.0121. The SMILES string of the molecule is CC[C@H](C(=O)c1ccccc1)[C@](C)(O)c1ccccc1. The number of hydrogen-bond donors (Lipinski definition) is 1. The summed E-state index contributed by atoms with van der Waals surface area (Å²) in [5.74, 6) is -0.464. The monoisotopic (exact) mass is 268 g/mol. The van der Waals surface area contributed by atoms with Crippen LogP contribution in [-0.4, -0.2) is 10.9 Å². The predicted octanol–water partition coefficient (Wildman–Crippen LogP) is 3.80. The third kappa shape index (κ3) is 2.81. The summed E-state index contributed by atoms with van der Waals surface area (Å²) in [7, 11) is 0. The first-order chi connectivity index (χ1) is 9.57. The van der Waals surface area contributed by atoms with Crippen LogP contribution in [0.3, 0.4) is 0 Å². The molecule has 2 aromatic rings. The Hall–Kier alpha value is -1.93. The highest BCUT2D eigenvalue weighted by atomic mass is 16.3. The van der Waals surface area contributed by atoms with Crippen molar-refractivity contribution in [2.45, 2.75) is 25.9 Å². The van der Waals surface area contributed by atoms with Crippen molar-refractivity contribution in [1.29, 1.82) is 0 Å². The number of benzene rings is 2. The molecule has 2 nitrogen and oxygen atoms in total. The highest BCUT2D eigenvalue weighted by Gasteiger charge is 2.37. The Kier molecular flexibility index (Phi) is 4.35. The molecule has 2 rings (SSSR count).